The van der Waals surface area contributed by atoms with Crippen molar-refractivity contribution < 1.29 is 0 Å². The fourth-order valence-corrected chi connectivity index (χ4v) is 3.61. The van der Waals surface area contributed by atoms with Crippen LogP contribution in [0.25, 0.3) is 22.5 Å². The van der Waals surface area contributed by atoms with E-state index in [1.165, 1.54) is 0 Å². The van der Waals surface area contributed by atoms with Crippen LogP contribution in [0.1, 0.15) is 36.6 Å². The van der Waals surface area contributed by atoms with Crippen LogP contribution in [0.3, 0.4) is 0 Å². The number of H-pyrrole nitrogens is 2. The lowest BCUT2D eigenvalue weighted by atomic mass is 9.96. The van der Waals surface area contributed by atoms with Gasteiger partial charge in [-0.1, -0.05) is 61.9 Å². The smallest absolute Gasteiger partial charge is 0.270 e. The molecule has 0 aliphatic carbocycles. The molecule has 0 radical (unpaired) electrons. The summed E-state index contributed by atoms with van der Waals surface area (Å²) in [7, 11) is 1.78. The Hall–Kier alpha value is -3.48. The molecule has 29 heavy (non-hydrogen) atoms. The van der Waals surface area contributed by atoms with Gasteiger partial charge in [-0.05, 0) is 34.7 Å². The van der Waals surface area contributed by atoms with Gasteiger partial charge in [0.1, 0.15) is 0 Å². The number of hydrogen-bond acceptors (Lipinski definition) is 4. The van der Waals surface area contributed by atoms with Crippen molar-refractivity contribution in [3.63, 3.8) is 0 Å². The fraction of sp³-hybridized carbons (Fsp3) is 0.273. The molecule has 2 aromatic heterocycles. The van der Waals surface area contributed by atoms with Crippen molar-refractivity contribution >= 4 is 0 Å². The predicted octanol–water partition coefficient (Wildman–Crippen LogP) is 3.49. The molecule has 0 atom stereocenters. The van der Waals surface area contributed by atoms with Crippen LogP contribution < -0.4 is 5.56 Å². The topological polar surface area (TPSA) is 92.2 Å². The van der Waals surface area contributed by atoms with E-state index in [1.807, 2.05) is 24.3 Å². The van der Waals surface area contributed by atoms with Gasteiger partial charge in [-0.3, -0.25) is 14.6 Å². The third-order valence-electron chi connectivity index (χ3n) is 5.17. The molecule has 0 aliphatic rings. The molecule has 7 nitrogen and oxygen atoms in total. The van der Waals surface area contributed by atoms with Gasteiger partial charge in [-0.2, -0.15) is 5.21 Å². The Labute approximate surface area is 168 Å². The predicted molar refractivity (Wildman–Crippen MR) is 113 cm³/mol. The number of aromatic nitrogens is 6. The zero-order valence-corrected chi connectivity index (χ0v) is 16.6. The second-order valence-corrected chi connectivity index (χ2v) is 7.19. The number of aromatic amines is 2. The van der Waals surface area contributed by atoms with Gasteiger partial charge in [0.15, 0.2) is 0 Å². The molecule has 148 valence electrons. The van der Waals surface area contributed by atoms with Crippen LogP contribution >= 0.6 is 0 Å². The molecule has 0 saturated heterocycles. The largest absolute Gasteiger partial charge is 0.300 e. The maximum absolute atomic E-state index is 12.5. The van der Waals surface area contributed by atoms with E-state index in [0.29, 0.717) is 12.2 Å². The summed E-state index contributed by atoms with van der Waals surface area (Å²) < 4.78 is 1.58. The SMILES string of the molecule is CCCCc1[nH]n(C)c(=O)c1Cc1ccc(-c2ccccc2-c2nn[nH]n2)cc1. The van der Waals surface area contributed by atoms with Gasteiger partial charge < -0.3 is 0 Å². The minimum Gasteiger partial charge on any atom is -0.300 e. The minimum atomic E-state index is 0.0580. The maximum Gasteiger partial charge on any atom is 0.270 e. The van der Waals surface area contributed by atoms with Crippen LogP contribution in [0.15, 0.2) is 53.3 Å². The highest BCUT2D eigenvalue weighted by molar-refractivity contribution is 5.80. The normalized spacial score (nSPS) is 11.1. The molecule has 0 saturated carbocycles. The second kappa shape index (κ2) is 8.26. The van der Waals surface area contributed by atoms with Gasteiger partial charge >= 0.3 is 0 Å². The van der Waals surface area contributed by atoms with E-state index in [4.69, 9.17) is 0 Å². The van der Waals surface area contributed by atoms with Crippen molar-refractivity contribution in [2.24, 2.45) is 7.05 Å². The lowest BCUT2D eigenvalue weighted by Crippen LogP contribution is -2.15. The summed E-state index contributed by atoms with van der Waals surface area (Å²) in [5.41, 5.74) is 6.12. The van der Waals surface area contributed by atoms with Crippen LogP contribution in [0.5, 0.6) is 0 Å². The quantitative estimate of drug-likeness (QED) is 0.507. The summed E-state index contributed by atoms with van der Waals surface area (Å²) in [6, 6.07) is 16.3. The number of hydrogen-bond donors (Lipinski definition) is 2. The zero-order chi connectivity index (χ0) is 20.2. The zero-order valence-electron chi connectivity index (χ0n) is 16.6. The van der Waals surface area contributed by atoms with E-state index in [1.54, 1.807) is 11.7 Å². The highest BCUT2D eigenvalue weighted by Crippen LogP contribution is 2.30. The van der Waals surface area contributed by atoms with Crippen molar-refractivity contribution in [2.45, 2.75) is 32.6 Å². The molecule has 0 spiro atoms. The minimum absolute atomic E-state index is 0.0580. The summed E-state index contributed by atoms with van der Waals surface area (Å²) in [6.07, 6.45) is 3.70. The highest BCUT2D eigenvalue weighted by Gasteiger charge is 2.14. The molecule has 2 heterocycles. The number of rotatable bonds is 7. The number of unbranched alkanes of at least 4 members (excludes halogenated alkanes) is 1. The van der Waals surface area contributed by atoms with Crippen molar-refractivity contribution in [3.05, 3.63) is 75.7 Å². The monoisotopic (exact) mass is 388 g/mol. The van der Waals surface area contributed by atoms with Gasteiger partial charge in [0.2, 0.25) is 5.82 Å². The van der Waals surface area contributed by atoms with Gasteiger partial charge in [-0.25, -0.2) is 0 Å². The summed E-state index contributed by atoms with van der Waals surface area (Å²) in [6.45, 7) is 2.16. The third kappa shape index (κ3) is 3.89. The van der Waals surface area contributed by atoms with Crippen molar-refractivity contribution in [3.8, 4) is 22.5 Å². The maximum atomic E-state index is 12.5. The Morgan fingerprint density at radius 2 is 1.79 bits per heavy atom. The Morgan fingerprint density at radius 1 is 1.03 bits per heavy atom. The number of tetrazole rings is 1. The Balaban J connectivity index is 1.62. The molecular weight excluding hydrogens is 364 g/mol. The molecule has 2 N–H and O–H groups in total. The van der Waals surface area contributed by atoms with Gasteiger partial charge in [-0.15, -0.1) is 10.2 Å². The van der Waals surface area contributed by atoms with E-state index in [-0.39, 0.29) is 5.56 Å². The van der Waals surface area contributed by atoms with Crippen LogP contribution in [0, 0.1) is 0 Å². The number of nitrogens with zero attached hydrogens (tertiary/aromatic N) is 4. The van der Waals surface area contributed by atoms with E-state index in [9.17, 15) is 4.79 Å². The standard InChI is InChI=1S/C22H24N6O/c1-3-4-9-20-19(22(29)28(2)25-20)14-15-10-12-16(13-11-15)17-7-5-6-8-18(17)21-23-26-27-24-21/h5-8,10-13,25H,3-4,9,14H2,1-2H3,(H,23,24,26,27). The fourth-order valence-electron chi connectivity index (χ4n) is 3.61. The summed E-state index contributed by atoms with van der Waals surface area (Å²) in [4.78, 5) is 12.5. The molecule has 0 bridgehead atoms. The Morgan fingerprint density at radius 3 is 2.48 bits per heavy atom. The first-order chi connectivity index (χ1) is 14.2. The first-order valence-corrected chi connectivity index (χ1v) is 9.86. The molecule has 0 aliphatic heterocycles. The van der Waals surface area contributed by atoms with Crippen LogP contribution in [0.4, 0.5) is 0 Å². The first-order valence-electron chi connectivity index (χ1n) is 9.86. The molecule has 7 heteroatoms. The summed E-state index contributed by atoms with van der Waals surface area (Å²) in [5.74, 6) is 0.570. The molecule has 0 unspecified atom stereocenters. The summed E-state index contributed by atoms with van der Waals surface area (Å²) >= 11 is 0. The van der Waals surface area contributed by atoms with Crippen LogP contribution in [-0.4, -0.2) is 30.4 Å². The second-order valence-electron chi connectivity index (χ2n) is 7.19. The number of benzene rings is 2. The van der Waals surface area contributed by atoms with Gasteiger partial charge in [0.05, 0.1) is 0 Å². The van der Waals surface area contributed by atoms with E-state index in [0.717, 1.165) is 52.8 Å². The van der Waals surface area contributed by atoms with Gasteiger partial charge in [0, 0.05) is 30.3 Å². The highest BCUT2D eigenvalue weighted by atomic mass is 16.1. The van der Waals surface area contributed by atoms with Crippen LogP contribution in [-0.2, 0) is 19.9 Å². The van der Waals surface area contributed by atoms with E-state index in [2.05, 4.69) is 56.9 Å². The third-order valence-corrected chi connectivity index (χ3v) is 5.17. The lowest BCUT2D eigenvalue weighted by Gasteiger charge is -2.08. The lowest BCUT2D eigenvalue weighted by molar-refractivity contribution is 0.699. The first kappa shape index (κ1) is 18.9. The number of nitrogens with one attached hydrogen (secondary N) is 2. The van der Waals surface area contributed by atoms with E-state index >= 15 is 0 Å². The molecule has 0 amide bonds. The number of aryl methyl sites for hydroxylation is 2. The van der Waals surface area contributed by atoms with Crippen molar-refractivity contribution in [1.82, 2.24) is 30.4 Å². The van der Waals surface area contributed by atoms with Crippen LogP contribution in [0.2, 0.25) is 0 Å². The molecule has 4 rings (SSSR count). The molecule has 0 fully saturated rings. The molecule has 2 aromatic carbocycles. The Kier molecular flexibility index (Phi) is 5.37. The molecular formula is C22H24N6O. The van der Waals surface area contributed by atoms with Crippen molar-refractivity contribution in [1.29, 1.82) is 0 Å². The van der Waals surface area contributed by atoms with Gasteiger partial charge in [0.25, 0.3) is 5.56 Å². The Bertz CT molecular complexity index is 1140. The average Bonchev–Trinajstić information content (AvgIpc) is 3.37. The van der Waals surface area contributed by atoms with E-state index < -0.39 is 0 Å². The molecule has 4 aromatic rings. The summed E-state index contributed by atoms with van der Waals surface area (Å²) in [5, 5.41) is 17.6. The average molecular weight is 388 g/mol. The van der Waals surface area contributed by atoms with Crippen molar-refractivity contribution in [2.75, 3.05) is 0 Å².